The minimum atomic E-state index is -0.223. The average Bonchev–Trinajstić information content (AvgIpc) is 2.73. The van der Waals surface area contributed by atoms with Gasteiger partial charge in [-0.3, -0.25) is 9.69 Å². The first-order chi connectivity index (χ1) is 13.1. The van der Waals surface area contributed by atoms with E-state index < -0.39 is 0 Å². The predicted molar refractivity (Wildman–Crippen MR) is 108 cm³/mol. The number of anilines is 2. The van der Waals surface area contributed by atoms with Gasteiger partial charge >= 0.3 is 0 Å². The van der Waals surface area contributed by atoms with E-state index in [2.05, 4.69) is 39.4 Å². The molecule has 1 heterocycles. The third kappa shape index (κ3) is 4.52. The van der Waals surface area contributed by atoms with Crippen LogP contribution in [-0.4, -0.2) is 57.2 Å². The van der Waals surface area contributed by atoms with Crippen LogP contribution >= 0.6 is 0 Å². The monoisotopic (exact) mass is 369 g/mol. The molecule has 1 aliphatic heterocycles. The quantitative estimate of drug-likeness (QED) is 0.849. The SMILES string of the molecule is COc1ccc(OC)c(NC(=O)C(C)N2CCN(c3ccccc3)CC2)c1. The van der Waals surface area contributed by atoms with Gasteiger partial charge in [0, 0.05) is 37.9 Å². The molecule has 1 N–H and O–H groups in total. The molecule has 2 aromatic carbocycles. The van der Waals surface area contributed by atoms with E-state index in [1.165, 1.54) is 5.69 Å². The van der Waals surface area contributed by atoms with Gasteiger partial charge in [-0.05, 0) is 31.2 Å². The summed E-state index contributed by atoms with van der Waals surface area (Å²) in [7, 11) is 3.19. The van der Waals surface area contributed by atoms with Crippen molar-refractivity contribution >= 4 is 17.3 Å². The molecule has 6 heteroatoms. The molecular formula is C21H27N3O3. The van der Waals surface area contributed by atoms with Gasteiger partial charge in [-0.25, -0.2) is 0 Å². The van der Waals surface area contributed by atoms with Crippen molar-refractivity contribution in [3.05, 3.63) is 48.5 Å². The van der Waals surface area contributed by atoms with Crippen LogP contribution in [0.4, 0.5) is 11.4 Å². The number of nitrogens with one attached hydrogen (secondary N) is 1. The van der Waals surface area contributed by atoms with Gasteiger partial charge in [0.15, 0.2) is 0 Å². The maximum Gasteiger partial charge on any atom is 0.241 e. The van der Waals surface area contributed by atoms with Crippen molar-refractivity contribution in [2.45, 2.75) is 13.0 Å². The Labute approximate surface area is 160 Å². The van der Waals surface area contributed by atoms with E-state index in [1.54, 1.807) is 32.4 Å². The number of carbonyl (C=O) groups excluding carboxylic acids is 1. The van der Waals surface area contributed by atoms with Crippen LogP contribution in [0, 0.1) is 0 Å². The molecule has 1 aliphatic rings. The molecule has 0 radical (unpaired) electrons. The summed E-state index contributed by atoms with van der Waals surface area (Å²) in [5.74, 6) is 1.25. The summed E-state index contributed by atoms with van der Waals surface area (Å²) in [5, 5.41) is 2.98. The van der Waals surface area contributed by atoms with Crippen molar-refractivity contribution in [1.82, 2.24) is 4.90 Å². The van der Waals surface area contributed by atoms with Crippen LogP contribution in [0.25, 0.3) is 0 Å². The minimum Gasteiger partial charge on any atom is -0.497 e. The van der Waals surface area contributed by atoms with Gasteiger partial charge in [0.2, 0.25) is 5.91 Å². The summed E-state index contributed by atoms with van der Waals surface area (Å²) in [6.07, 6.45) is 0. The highest BCUT2D eigenvalue weighted by molar-refractivity contribution is 5.96. The Hall–Kier alpha value is -2.73. The smallest absolute Gasteiger partial charge is 0.241 e. The summed E-state index contributed by atoms with van der Waals surface area (Å²) in [5.41, 5.74) is 1.85. The normalized spacial score (nSPS) is 15.9. The van der Waals surface area contributed by atoms with Crippen molar-refractivity contribution in [3.63, 3.8) is 0 Å². The minimum absolute atomic E-state index is 0.0466. The van der Waals surface area contributed by atoms with Crippen LogP contribution in [0.3, 0.4) is 0 Å². The standard InChI is InChI=1S/C21H27N3O3/c1-16(21(25)22-19-15-18(26-2)9-10-20(19)27-3)23-11-13-24(14-12-23)17-7-5-4-6-8-17/h4-10,15-16H,11-14H2,1-3H3,(H,22,25). The zero-order valence-corrected chi connectivity index (χ0v) is 16.1. The second kappa shape index (κ2) is 8.77. The first kappa shape index (κ1) is 19.0. The van der Waals surface area contributed by atoms with E-state index in [1.807, 2.05) is 13.0 Å². The van der Waals surface area contributed by atoms with Gasteiger partial charge in [0.05, 0.1) is 25.9 Å². The van der Waals surface area contributed by atoms with Crippen LogP contribution in [0.2, 0.25) is 0 Å². The third-order valence-electron chi connectivity index (χ3n) is 5.03. The fourth-order valence-electron chi connectivity index (χ4n) is 3.32. The molecule has 1 atom stereocenters. The lowest BCUT2D eigenvalue weighted by Crippen LogP contribution is -2.52. The first-order valence-electron chi connectivity index (χ1n) is 9.19. The number of para-hydroxylation sites is 1. The number of ether oxygens (including phenoxy) is 2. The average molecular weight is 369 g/mol. The highest BCUT2D eigenvalue weighted by Crippen LogP contribution is 2.29. The Balaban J connectivity index is 1.60. The molecule has 27 heavy (non-hydrogen) atoms. The van der Waals surface area contributed by atoms with E-state index in [-0.39, 0.29) is 11.9 Å². The first-order valence-corrected chi connectivity index (χ1v) is 9.19. The number of amides is 1. The molecule has 3 rings (SSSR count). The second-order valence-electron chi connectivity index (χ2n) is 6.59. The van der Waals surface area contributed by atoms with Crippen molar-refractivity contribution in [2.24, 2.45) is 0 Å². The lowest BCUT2D eigenvalue weighted by atomic mass is 10.2. The van der Waals surface area contributed by atoms with E-state index in [0.29, 0.717) is 17.2 Å². The van der Waals surface area contributed by atoms with E-state index in [0.717, 1.165) is 26.2 Å². The summed E-state index contributed by atoms with van der Waals surface area (Å²) in [6, 6.07) is 15.5. The Morgan fingerprint density at radius 2 is 1.70 bits per heavy atom. The molecule has 1 fully saturated rings. The maximum absolute atomic E-state index is 12.8. The largest absolute Gasteiger partial charge is 0.497 e. The van der Waals surface area contributed by atoms with E-state index >= 15 is 0 Å². The summed E-state index contributed by atoms with van der Waals surface area (Å²) < 4.78 is 10.6. The van der Waals surface area contributed by atoms with Crippen LogP contribution in [0.5, 0.6) is 11.5 Å². The lowest BCUT2D eigenvalue weighted by molar-refractivity contribution is -0.120. The van der Waals surface area contributed by atoms with Gasteiger partial charge in [-0.2, -0.15) is 0 Å². The molecular weight excluding hydrogens is 342 g/mol. The summed E-state index contributed by atoms with van der Waals surface area (Å²) >= 11 is 0. The van der Waals surface area contributed by atoms with Crippen molar-refractivity contribution in [3.8, 4) is 11.5 Å². The zero-order valence-electron chi connectivity index (χ0n) is 16.1. The van der Waals surface area contributed by atoms with Crippen molar-refractivity contribution in [2.75, 3.05) is 50.6 Å². The fourth-order valence-corrected chi connectivity index (χ4v) is 3.32. The Morgan fingerprint density at radius 1 is 1.00 bits per heavy atom. The van der Waals surface area contributed by atoms with Gasteiger partial charge in [-0.15, -0.1) is 0 Å². The highest BCUT2D eigenvalue weighted by atomic mass is 16.5. The molecule has 2 aromatic rings. The molecule has 0 spiro atoms. The van der Waals surface area contributed by atoms with Gasteiger partial charge in [-0.1, -0.05) is 18.2 Å². The lowest BCUT2D eigenvalue weighted by Gasteiger charge is -2.38. The molecule has 1 saturated heterocycles. The van der Waals surface area contributed by atoms with E-state index in [4.69, 9.17) is 9.47 Å². The number of rotatable bonds is 6. The Morgan fingerprint density at radius 3 is 2.33 bits per heavy atom. The second-order valence-corrected chi connectivity index (χ2v) is 6.59. The van der Waals surface area contributed by atoms with Crippen LogP contribution in [-0.2, 0) is 4.79 Å². The molecule has 0 aromatic heterocycles. The number of hydrogen-bond acceptors (Lipinski definition) is 5. The number of nitrogens with zero attached hydrogens (tertiary/aromatic N) is 2. The van der Waals surface area contributed by atoms with Crippen molar-refractivity contribution < 1.29 is 14.3 Å². The summed E-state index contributed by atoms with van der Waals surface area (Å²) in [4.78, 5) is 17.3. The van der Waals surface area contributed by atoms with Crippen LogP contribution in [0.15, 0.2) is 48.5 Å². The molecule has 0 bridgehead atoms. The van der Waals surface area contributed by atoms with E-state index in [9.17, 15) is 4.79 Å². The van der Waals surface area contributed by atoms with Gasteiger partial charge in [0.25, 0.3) is 0 Å². The van der Waals surface area contributed by atoms with Gasteiger partial charge < -0.3 is 19.7 Å². The highest BCUT2D eigenvalue weighted by Gasteiger charge is 2.26. The van der Waals surface area contributed by atoms with Crippen LogP contribution < -0.4 is 19.7 Å². The zero-order chi connectivity index (χ0) is 19.2. The third-order valence-corrected chi connectivity index (χ3v) is 5.03. The molecule has 144 valence electrons. The topological polar surface area (TPSA) is 54.0 Å². The Bertz CT molecular complexity index is 759. The number of carbonyl (C=O) groups is 1. The maximum atomic E-state index is 12.8. The molecule has 6 nitrogen and oxygen atoms in total. The molecule has 1 amide bonds. The number of piperazine rings is 1. The Kier molecular flexibility index (Phi) is 6.19. The number of hydrogen-bond donors (Lipinski definition) is 1. The number of methoxy groups -OCH3 is 2. The summed E-state index contributed by atoms with van der Waals surface area (Å²) in [6.45, 7) is 5.45. The molecule has 1 unspecified atom stereocenters. The number of benzene rings is 2. The molecule has 0 aliphatic carbocycles. The molecule has 0 saturated carbocycles. The predicted octanol–water partition coefficient (Wildman–Crippen LogP) is 2.85. The fraction of sp³-hybridized carbons (Fsp3) is 0.381. The van der Waals surface area contributed by atoms with Gasteiger partial charge in [0.1, 0.15) is 11.5 Å². The van der Waals surface area contributed by atoms with Crippen molar-refractivity contribution in [1.29, 1.82) is 0 Å². The van der Waals surface area contributed by atoms with Crippen LogP contribution in [0.1, 0.15) is 6.92 Å².